The molecule has 0 spiro atoms. The van der Waals surface area contributed by atoms with Gasteiger partial charge in [-0.25, -0.2) is 0 Å². The van der Waals surface area contributed by atoms with E-state index in [4.69, 9.17) is 5.73 Å². The lowest BCUT2D eigenvalue weighted by Crippen LogP contribution is -2.30. The van der Waals surface area contributed by atoms with Crippen LogP contribution in [-0.2, 0) is 0 Å². The summed E-state index contributed by atoms with van der Waals surface area (Å²) < 4.78 is 0. The first-order valence-corrected chi connectivity index (χ1v) is 6.36. The molecule has 2 heteroatoms. The third-order valence-corrected chi connectivity index (χ3v) is 3.73. The second-order valence-electron chi connectivity index (χ2n) is 6.29. The van der Waals surface area contributed by atoms with Gasteiger partial charge in [-0.2, -0.15) is 0 Å². The molecule has 0 aliphatic carbocycles. The summed E-state index contributed by atoms with van der Waals surface area (Å²) in [6.45, 7) is 14.1. The highest BCUT2D eigenvalue weighted by Gasteiger charge is 2.31. The van der Waals surface area contributed by atoms with Crippen LogP contribution in [0.2, 0.25) is 0 Å². The van der Waals surface area contributed by atoms with Crippen molar-refractivity contribution in [3.05, 3.63) is 0 Å². The standard InChI is InChI=1S/C13H28N2/c1-11(5-7-14)9-15-8-6-12(10-15)13(2,3)4/h11-12H,5-10,14H2,1-4H3. The summed E-state index contributed by atoms with van der Waals surface area (Å²) in [5.41, 5.74) is 6.06. The third kappa shape index (κ3) is 4.12. The van der Waals surface area contributed by atoms with Gasteiger partial charge in [0, 0.05) is 13.1 Å². The van der Waals surface area contributed by atoms with E-state index in [-0.39, 0.29) is 0 Å². The largest absolute Gasteiger partial charge is 0.330 e. The van der Waals surface area contributed by atoms with E-state index in [9.17, 15) is 0 Å². The molecule has 0 aromatic carbocycles. The third-order valence-electron chi connectivity index (χ3n) is 3.73. The number of hydrogen-bond acceptors (Lipinski definition) is 2. The summed E-state index contributed by atoms with van der Waals surface area (Å²) in [4.78, 5) is 2.62. The fraction of sp³-hybridized carbons (Fsp3) is 1.00. The Kier molecular flexibility index (Phi) is 4.60. The first-order valence-electron chi connectivity index (χ1n) is 6.36. The van der Waals surface area contributed by atoms with E-state index in [1.165, 1.54) is 26.1 Å². The van der Waals surface area contributed by atoms with Crippen LogP contribution in [0.25, 0.3) is 0 Å². The summed E-state index contributed by atoms with van der Waals surface area (Å²) in [5, 5.41) is 0. The molecule has 0 bridgehead atoms. The number of rotatable bonds is 4. The van der Waals surface area contributed by atoms with Crippen LogP contribution in [0.3, 0.4) is 0 Å². The molecule has 2 N–H and O–H groups in total. The van der Waals surface area contributed by atoms with Gasteiger partial charge in [-0.05, 0) is 43.2 Å². The van der Waals surface area contributed by atoms with E-state index < -0.39 is 0 Å². The van der Waals surface area contributed by atoms with Crippen LogP contribution in [0.4, 0.5) is 0 Å². The molecule has 2 atom stereocenters. The summed E-state index contributed by atoms with van der Waals surface area (Å²) >= 11 is 0. The van der Waals surface area contributed by atoms with Crippen LogP contribution in [0.15, 0.2) is 0 Å². The second-order valence-corrected chi connectivity index (χ2v) is 6.29. The van der Waals surface area contributed by atoms with Crippen LogP contribution >= 0.6 is 0 Å². The molecular formula is C13H28N2. The highest BCUT2D eigenvalue weighted by atomic mass is 15.1. The second kappa shape index (κ2) is 5.31. The van der Waals surface area contributed by atoms with Crippen molar-refractivity contribution in [2.24, 2.45) is 23.0 Å². The lowest BCUT2D eigenvalue weighted by molar-refractivity contribution is 0.215. The molecule has 1 rings (SSSR count). The van der Waals surface area contributed by atoms with Gasteiger partial charge < -0.3 is 10.6 Å². The van der Waals surface area contributed by atoms with Gasteiger partial charge in [0.15, 0.2) is 0 Å². The van der Waals surface area contributed by atoms with Crippen LogP contribution < -0.4 is 5.73 Å². The van der Waals surface area contributed by atoms with E-state index in [2.05, 4.69) is 32.6 Å². The molecule has 1 fully saturated rings. The summed E-state index contributed by atoms with van der Waals surface area (Å²) in [7, 11) is 0. The summed E-state index contributed by atoms with van der Waals surface area (Å²) in [6.07, 6.45) is 2.54. The first-order chi connectivity index (χ1) is 6.93. The minimum atomic E-state index is 0.478. The van der Waals surface area contributed by atoms with Crippen LogP contribution in [0, 0.1) is 17.3 Å². The van der Waals surface area contributed by atoms with Gasteiger partial charge in [0.2, 0.25) is 0 Å². The van der Waals surface area contributed by atoms with E-state index in [0.717, 1.165) is 24.8 Å². The van der Waals surface area contributed by atoms with Crippen molar-refractivity contribution in [3.8, 4) is 0 Å². The molecule has 0 saturated carbocycles. The van der Waals surface area contributed by atoms with Crippen molar-refractivity contribution in [1.29, 1.82) is 0 Å². The topological polar surface area (TPSA) is 29.3 Å². The van der Waals surface area contributed by atoms with E-state index in [1.54, 1.807) is 0 Å². The Bertz CT molecular complexity index is 183. The predicted octanol–water partition coefficient (Wildman–Crippen LogP) is 2.34. The van der Waals surface area contributed by atoms with E-state index in [1.807, 2.05) is 0 Å². The van der Waals surface area contributed by atoms with Gasteiger partial charge in [-0.1, -0.05) is 27.7 Å². The number of nitrogens with zero attached hydrogens (tertiary/aromatic N) is 1. The fourth-order valence-electron chi connectivity index (χ4n) is 2.52. The fourth-order valence-corrected chi connectivity index (χ4v) is 2.52. The first kappa shape index (κ1) is 13.0. The number of nitrogens with two attached hydrogens (primary N) is 1. The lowest BCUT2D eigenvalue weighted by atomic mass is 9.80. The lowest BCUT2D eigenvalue weighted by Gasteiger charge is -2.27. The Morgan fingerprint density at radius 3 is 2.53 bits per heavy atom. The van der Waals surface area contributed by atoms with Crippen LogP contribution in [0.5, 0.6) is 0 Å². The zero-order valence-corrected chi connectivity index (χ0v) is 10.9. The predicted molar refractivity (Wildman–Crippen MR) is 66.8 cm³/mol. The molecule has 0 aromatic rings. The minimum absolute atomic E-state index is 0.478. The normalized spacial score (nSPS) is 25.8. The highest BCUT2D eigenvalue weighted by molar-refractivity contribution is 4.84. The Hall–Kier alpha value is -0.0800. The Balaban J connectivity index is 2.30. The monoisotopic (exact) mass is 212 g/mol. The SMILES string of the molecule is CC(CCN)CN1CCC(C(C)(C)C)C1. The average molecular weight is 212 g/mol. The number of likely N-dealkylation sites (tertiary alicyclic amines) is 1. The molecule has 2 unspecified atom stereocenters. The quantitative estimate of drug-likeness (QED) is 0.775. The van der Waals surface area contributed by atoms with Crippen LogP contribution in [-0.4, -0.2) is 31.1 Å². The average Bonchev–Trinajstić information content (AvgIpc) is 2.52. The van der Waals surface area contributed by atoms with Crippen molar-refractivity contribution < 1.29 is 0 Å². The van der Waals surface area contributed by atoms with Gasteiger partial charge in [-0.3, -0.25) is 0 Å². The smallest absolute Gasteiger partial charge is 0.00153 e. The Morgan fingerprint density at radius 1 is 1.40 bits per heavy atom. The van der Waals surface area contributed by atoms with E-state index >= 15 is 0 Å². The number of hydrogen-bond donors (Lipinski definition) is 1. The molecular weight excluding hydrogens is 184 g/mol. The van der Waals surface area contributed by atoms with Gasteiger partial charge >= 0.3 is 0 Å². The zero-order chi connectivity index (χ0) is 11.5. The Labute approximate surface area is 95.2 Å². The Morgan fingerprint density at radius 2 is 2.07 bits per heavy atom. The van der Waals surface area contributed by atoms with E-state index in [0.29, 0.717) is 5.41 Å². The molecule has 15 heavy (non-hydrogen) atoms. The van der Waals surface area contributed by atoms with Crippen LogP contribution in [0.1, 0.15) is 40.5 Å². The van der Waals surface area contributed by atoms with Crippen molar-refractivity contribution >= 4 is 0 Å². The highest BCUT2D eigenvalue weighted by Crippen LogP contribution is 2.33. The molecule has 1 aliphatic heterocycles. The van der Waals surface area contributed by atoms with Crippen molar-refractivity contribution in [3.63, 3.8) is 0 Å². The maximum atomic E-state index is 5.58. The van der Waals surface area contributed by atoms with Crippen molar-refractivity contribution in [1.82, 2.24) is 4.90 Å². The molecule has 1 heterocycles. The molecule has 0 radical (unpaired) electrons. The molecule has 1 saturated heterocycles. The molecule has 2 nitrogen and oxygen atoms in total. The van der Waals surface area contributed by atoms with Crippen molar-refractivity contribution in [2.75, 3.05) is 26.2 Å². The maximum Gasteiger partial charge on any atom is 0.00153 e. The molecule has 0 amide bonds. The van der Waals surface area contributed by atoms with Gasteiger partial charge in [0.1, 0.15) is 0 Å². The molecule has 0 aromatic heterocycles. The molecule has 1 aliphatic rings. The van der Waals surface area contributed by atoms with Gasteiger partial charge in [0.25, 0.3) is 0 Å². The summed E-state index contributed by atoms with van der Waals surface area (Å²) in [6, 6.07) is 0. The molecule has 90 valence electrons. The zero-order valence-electron chi connectivity index (χ0n) is 10.9. The van der Waals surface area contributed by atoms with Gasteiger partial charge in [-0.15, -0.1) is 0 Å². The summed E-state index contributed by atoms with van der Waals surface area (Å²) in [5.74, 6) is 1.64. The minimum Gasteiger partial charge on any atom is -0.330 e. The van der Waals surface area contributed by atoms with Gasteiger partial charge in [0.05, 0.1) is 0 Å². The maximum absolute atomic E-state index is 5.58. The van der Waals surface area contributed by atoms with Crippen molar-refractivity contribution in [2.45, 2.75) is 40.5 Å².